The lowest BCUT2D eigenvalue weighted by molar-refractivity contribution is 0.0693. The summed E-state index contributed by atoms with van der Waals surface area (Å²) in [6.45, 7) is 3.78. The Hall–Kier alpha value is -3.01. The maximum absolute atomic E-state index is 11.6. The molecule has 24 heavy (non-hydrogen) atoms. The molecule has 0 saturated carbocycles. The van der Waals surface area contributed by atoms with Crippen LogP contribution in [0.1, 0.15) is 40.9 Å². The summed E-state index contributed by atoms with van der Waals surface area (Å²) in [5, 5.41) is 29.9. The number of aromatic hydroxyl groups is 2. The highest BCUT2D eigenvalue weighted by molar-refractivity contribution is 5.97. The summed E-state index contributed by atoms with van der Waals surface area (Å²) in [6.07, 6.45) is 5.39. The molecule has 0 amide bonds. The van der Waals surface area contributed by atoms with Crippen LogP contribution in [0.2, 0.25) is 0 Å². The minimum Gasteiger partial charge on any atom is -0.507 e. The van der Waals surface area contributed by atoms with Crippen molar-refractivity contribution in [1.29, 1.82) is 0 Å². The van der Waals surface area contributed by atoms with E-state index in [1.54, 1.807) is 12.2 Å². The van der Waals surface area contributed by atoms with Crippen LogP contribution in [0.15, 0.2) is 48.0 Å². The Balaban J connectivity index is 2.51. The van der Waals surface area contributed by atoms with Gasteiger partial charge in [-0.2, -0.15) is 0 Å². The molecule has 0 unspecified atom stereocenters. The first-order chi connectivity index (χ1) is 11.4. The van der Waals surface area contributed by atoms with E-state index < -0.39 is 11.7 Å². The highest BCUT2D eigenvalue weighted by atomic mass is 16.4. The van der Waals surface area contributed by atoms with Crippen molar-refractivity contribution >= 4 is 18.1 Å². The maximum Gasteiger partial charge on any atom is 0.340 e. The van der Waals surface area contributed by atoms with E-state index in [0.717, 1.165) is 11.1 Å². The van der Waals surface area contributed by atoms with Gasteiger partial charge >= 0.3 is 5.97 Å². The average molecular weight is 324 g/mol. The van der Waals surface area contributed by atoms with Gasteiger partial charge in [0, 0.05) is 5.56 Å². The lowest BCUT2D eigenvalue weighted by Crippen LogP contribution is -2.03. The molecule has 2 rings (SSSR count). The van der Waals surface area contributed by atoms with Crippen molar-refractivity contribution in [3.8, 4) is 11.5 Å². The molecule has 4 nitrogen and oxygen atoms in total. The molecule has 4 heteroatoms. The molecule has 2 aromatic rings. The van der Waals surface area contributed by atoms with E-state index in [2.05, 4.69) is 0 Å². The second-order valence-electron chi connectivity index (χ2n) is 5.72. The van der Waals surface area contributed by atoms with Crippen molar-refractivity contribution in [1.82, 2.24) is 0 Å². The van der Waals surface area contributed by atoms with Gasteiger partial charge in [-0.1, -0.05) is 54.1 Å². The van der Waals surface area contributed by atoms with E-state index in [1.165, 1.54) is 6.07 Å². The van der Waals surface area contributed by atoms with Gasteiger partial charge in [-0.25, -0.2) is 4.79 Å². The summed E-state index contributed by atoms with van der Waals surface area (Å²) in [4.78, 5) is 11.6. The zero-order valence-corrected chi connectivity index (χ0v) is 13.7. The van der Waals surface area contributed by atoms with Crippen molar-refractivity contribution in [3.05, 3.63) is 70.3 Å². The molecule has 2 aromatic carbocycles. The Morgan fingerprint density at radius 3 is 2.33 bits per heavy atom. The number of carboxylic acids is 1. The van der Waals surface area contributed by atoms with Gasteiger partial charge in [-0.15, -0.1) is 0 Å². The van der Waals surface area contributed by atoms with E-state index in [0.29, 0.717) is 0 Å². The van der Waals surface area contributed by atoms with Gasteiger partial charge in [0.05, 0.1) is 0 Å². The Kier molecular flexibility index (Phi) is 5.42. The average Bonchev–Trinajstić information content (AvgIpc) is 2.52. The second kappa shape index (κ2) is 7.51. The molecule has 0 aliphatic heterocycles. The SMILES string of the molecule is CC(C)=CCc1c(O)cc(/C=C/c2ccccc2)c(C(=O)O)c1O. The number of carboxylic acid groups (broad SMARTS) is 1. The quantitative estimate of drug-likeness (QED) is 0.560. The van der Waals surface area contributed by atoms with Gasteiger partial charge in [0.15, 0.2) is 0 Å². The molecule has 0 bridgehead atoms. The molecule has 0 aliphatic carbocycles. The highest BCUT2D eigenvalue weighted by Gasteiger charge is 2.20. The largest absolute Gasteiger partial charge is 0.507 e. The molecule has 0 saturated heterocycles. The first-order valence-corrected chi connectivity index (χ1v) is 7.57. The smallest absolute Gasteiger partial charge is 0.340 e. The highest BCUT2D eigenvalue weighted by Crippen LogP contribution is 2.35. The number of aromatic carboxylic acids is 1. The van der Waals surface area contributed by atoms with Crippen LogP contribution in [0.25, 0.3) is 12.2 Å². The molecule has 0 radical (unpaired) electrons. The molecule has 0 atom stereocenters. The van der Waals surface area contributed by atoms with E-state index in [1.807, 2.05) is 50.3 Å². The molecule has 0 fully saturated rings. The summed E-state index contributed by atoms with van der Waals surface area (Å²) >= 11 is 0. The summed E-state index contributed by atoms with van der Waals surface area (Å²) in [5.74, 6) is -1.76. The Bertz CT molecular complexity index is 798. The molecule has 124 valence electrons. The number of hydrogen-bond acceptors (Lipinski definition) is 3. The predicted octanol–water partition coefficient (Wildman–Crippen LogP) is 4.48. The van der Waals surface area contributed by atoms with Crippen molar-refractivity contribution in [2.24, 2.45) is 0 Å². The molecule has 0 heterocycles. The zero-order chi connectivity index (χ0) is 17.7. The van der Waals surface area contributed by atoms with Crippen LogP contribution < -0.4 is 0 Å². The summed E-state index contributed by atoms with van der Waals surface area (Å²) in [6, 6.07) is 10.7. The van der Waals surface area contributed by atoms with E-state index in [4.69, 9.17) is 0 Å². The second-order valence-corrected chi connectivity index (χ2v) is 5.72. The first kappa shape index (κ1) is 17.3. The predicted molar refractivity (Wildman–Crippen MR) is 95.2 cm³/mol. The monoisotopic (exact) mass is 324 g/mol. The lowest BCUT2D eigenvalue weighted by Gasteiger charge is -2.11. The number of carbonyl (C=O) groups is 1. The van der Waals surface area contributed by atoms with E-state index in [9.17, 15) is 20.1 Å². The van der Waals surface area contributed by atoms with Crippen molar-refractivity contribution in [2.75, 3.05) is 0 Å². The molecule has 0 aromatic heterocycles. The fraction of sp³-hybridized carbons (Fsp3) is 0.150. The normalized spacial score (nSPS) is 10.8. The summed E-state index contributed by atoms with van der Waals surface area (Å²) in [5.41, 5.74) is 2.16. The van der Waals surface area contributed by atoms with Gasteiger partial charge in [-0.3, -0.25) is 0 Å². The third-order valence-electron chi connectivity index (χ3n) is 3.60. The summed E-state index contributed by atoms with van der Waals surface area (Å²) in [7, 11) is 0. The van der Waals surface area contributed by atoms with Gasteiger partial charge in [0.2, 0.25) is 0 Å². The molecule has 3 N–H and O–H groups in total. The van der Waals surface area contributed by atoms with Crippen molar-refractivity contribution in [3.63, 3.8) is 0 Å². The standard InChI is InChI=1S/C20H20O4/c1-13(2)8-11-16-17(21)12-15(18(19(16)22)20(23)24)10-9-14-6-4-3-5-7-14/h3-10,12,21-22H,11H2,1-2H3,(H,23,24)/b10-9+. The maximum atomic E-state index is 11.6. The molecular weight excluding hydrogens is 304 g/mol. The van der Waals surface area contributed by atoms with Crippen LogP contribution in [0, 0.1) is 0 Å². The minimum atomic E-state index is -1.24. The lowest BCUT2D eigenvalue weighted by atomic mass is 9.97. The fourth-order valence-corrected chi connectivity index (χ4v) is 2.33. The van der Waals surface area contributed by atoms with Gasteiger partial charge < -0.3 is 15.3 Å². The fourth-order valence-electron chi connectivity index (χ4n) is 2.33. The van der Waals surface area contributed by atoms with Crippen LogP contribution in [0.4, 0.5) is 0 Å². The number of phenols is 2. The number of allylic oxidation sites excluding steroid dienone is 2. The number of hydrogen-bond donors (Lipinski definition) is 3. The number of rotatable bonds is 5. The Morgan fingerprint density at radius 2 is 1.75 bits per heavy atom. The Labute approximate surface area is 141 Å². The first-order valence-electron chi connectivity index (χ1n) is 7.57. The summed E-state index contributed by atoms with van der Waals surface area (Å²) < 4.78 is 0. The zero-order valence-electron chi connectivity index (χ0n) is 13.7. The van der Waals surface area contributed by atoms with Crippen molar-refractivity contribution in [2.45, 2.75) is 20.3 Å². The molecule has 0 aliphatic rings. The van der Waals surface area contributed by atoms with Crippen LogP contribution in [-0.4, -0.2) is 21.3 Å². The molecular formula is C20H20O4. The van der Waals surface area contributed by atoms with E-state index in [-0.39, 0.29) is 28.9 Å². The molecule has 0 spiro atoms. The van der Waals surface area contributed by atoms with Crippen LogP contribution in [0.5, 0.6) is 11.5 Å². The van der Waals surface area contributed by atoms with Crippen LogP contribution in [-0.2, 0) is 6.42 Å². The third kappa shape index (κ3) is 4.04. The van der Waals surface area contributed by atoms with Crippen molar-refractivity contribution < 1.29 is 20.1 Å². The van der Waals surface area contributed by atoms with Crippen LogP contribution >= 0.6 is 0 Å². The van der Waals surface area contributed by atoms with Gasteiger partial charge in [0.1, 0.15) is 17.1 Å². The number of benzene rings is 2. The third-order valence-corrected chi connectivity index (χ3v) is 3.60. The van der Waals surface area contributed by atoms with Gasteiger partial charge in [0.25, 0.3) is 0 Å². The topological polar surface area (TPSA) is 77.8 Å². The van der Waals surface area contributed by atoms with E-state index >= 15 is 0 Å². The Morgan fingerprint density at radius 1 is 1.08 bits per heavy atom. The minimum absolute atomic E-state index is 0.122. The number of phenolic OH excluding ortho intramolecular Hbond substituents is 1. The van der Waals surface area contributed by atoms with Crippen LogP contribution in [0.3, 0.4) is 0 Å². The van der Waals surface area contributed by atoms with Gasteiger partial charge in [-0.05, 0) is 37.5 Å².